The van der Waals surface area contributed by atoms with Gasteiger partial charge >= 0.3 is 6.03 Å². The Kier molecular flexibility index (Phi) is 3.73. The molecule has 1 aliphatic rings. The Morgan fingerprint density at radius 3 is 1.75 bits per heavy atom. The summed E-state index contributed by atoms with van der Waals surface area (Å²) in [6.45, 7) is 1.65. The van der Waals surface area contributed by atoms with E-state index in [-0.39, 0.29) is 5.91 Å². The average Bonchev–Trinajstić information content (AvgIpc) is 2.84. The summed E-state index contributed by atoms with van der Waals surface area (Å²) in [5.41, 5.74) is 1.91. The summed E-state index contributed by atoms with van der Waals surface area (Å²) in [6.07, 6.45) is 0. The van der Waals surface area contributed by atoms with Crippen molar-refractivity contribution in [2.75, 3.05) is 9.80 Å². The Hall–Kier alpha value is -3.64. The molecule has 0 spiro atoms. The summed E-state index contributed by atoms with van der Waals surface area (Å²) >= 11 is 0. The van der Waals surface area contributed by atoms with Gasteiger partial charge < -0.3 is 0 Å². The molecule has 1 heterocycles. The molecule has 0 radical (unpaired) electrons. The molecule has 1 aliphatic heterocycles. The lowest BCUT2D eigenvalue weighted by Crippen LogP contribution is -2.33. The number of carbonyl (C=O) groups is 2. The largest absolute Gasteiger partial charge is 0.336 e. The van der Waals surface area contributed by atoms with Crippen molar-refractivity contribution in [2.45, 2.75) is 13.0 Å². The summed E-state index contributed by atoms with van der Waals surface area (Å²) in [6, 6.07) is 15.7. The van der Waals surface area contributed by atoms with Gasteiger partial charge in [0.25, 0.3) is 5.91 Å². The Morgan fingerprint density at radius 1 is 0.833 bits per heavy atom. The van der Waals surface area contributed by atoms with Crippen LogP contribution in [0.15, 0.2) is 48.5 Å². The predicted octanol–water partition coefficient (Wildman–Crippen LogP) is 2.79. The first-order valence-corrected chi connectivity index (χ1v) is 7.24. The molecule has 1 atom stereocenters. The van der Waals surface area contributed by atoms with E-state index >= 15 is 0 Å². The van der Waals surface area contributed by atoms with E-state index in [1.807, 2.05) is 12.1 Å². The molecule has 0 aliphatic carbocycles. The van der Waals surface area contributed by atoms with E-state index < -0.39 is 12.1 Å². The highest BCUT2D eigenvalue weighted by molar-refractivity contribution is 6.28. The van der Waals surface area contributed by atoms with Crippen LogP contribution in [0.1, 0.15) is 18.1 Å². The number of hydrogen-bond acceptors (Lipinski definition) is 4. The third-order valence-electron chi connectivity index (χ3n) is 3.89. The zero-order valence-corrected chi connectivity index (χ0v) is 12.8. The Balaban J connectivity index is 1.96. The van der Waals surface area contributed by atoms with Gasteiger partial charge in [-0.05, 0) is 55.5 Å². The van der Waals surface area contributed by atoms with Gasteiger partial charge in [0.2, 0.25) is 0 Å². The second-order valence-electron chi connectivity index (χ2n) is 5.32. The van der Waals surface area contributed by atoms with Gasteiger partial charge in [-0.2, -0.15) is 10.5 Å². The topological polar surface area (TPSA) is 88.2 Å². The molecule has 3 amide bonds. The van der Waals surface area contributed by atoms with Crippen LogP contribution in [-0.2, 0) is 4.79 Å². The normalized spacial score (nSPS) is 16.9. The number of hydrogen-bond donors (Lipinski definition) is 0. The lowest BCUT2D eigenvalue weighted by Gasteiger charge is -2.19. The molecular weight excluding hydrogens is 304 g/mol. The van der Waals surface area contributed by atoms with Gasteiger partial charge in [0.05, 0.1) is 29.0 Å². The Labute approximate surface area is 138 Å². The number of carbonyl (C=O) groups excluding carboxylic acids is 2. The van der Waals surface area contributed by atoms with Crippen LogP contribution >= 0.6 is 0 Å². The van der Waals surface area contributed by atoms with Gasteiger partial charge in [0.15, 0.2) is 0 Å². The first-order chi connectivity index (χ1) is 11.6. The van der Waals surface area contributed by atoms with Crippen molar-refractivity contribution in [1.82, 2.24) is 0 Å². The third kappa shape index (κ3) is 2.37. The molecule has 1 saturated heterocycles. The van der Waals surface area contributed by atoms with Crippen molar-refractivity contribution >= 4 is 23.3 Å². The van der Waals surface area contributed by atoms with Gasteiger partial charge in [-0.25, -0.2) is 9.69 Å². The molecule has 2 aromatic carbocycles. The minimum absolute atomic E-state index is 0.339. The van der Waals surface area contributed by atoms with E-state index in [1.165, 1.54) is 4.90 Å². The standard InChI is InChI=1S/C18H12N4O2/c1-12-17(23)22(16-8-4-14(11-20)5-9-16)18(24)21(12)15-6-2-13(10-19)3-7-15/h2-9,12H,1H3. The highest BCUT2D eigenvalue weighted by atomic mass is 16.2. The smallest absolute Gasteiger partial charge is 0.281 e. The SMILES string of the molecule is CC1C(=O)N(c2ccc(C#N)cc2)C(=O)N1c1ccc(C#N)cc1. The Morgan fingerprint density at radius 2 is 1.29 bits per heavy atom. The fourth-order valence-corrected chi connectivity index (χ4v) is 2.62. The first kappa shape index (κ1) is 15.3. The minimum Gasteiger partial charge on any atom is -0.281 e. The number of imide groups is 1. The number of anilines is 2. The third-order valence-corrected chi connectivity index (χ3v) is 3.89. The van der Waals surface area contributed by atoms with Crippen LogP contribution in [0.2, 0.25) is 0 Å². The number of rotatable bonds is 2. The van der Waals surface area contributed by atoms with Crippen LogP contribution in [-0.4, -0.2) is 18.0 Å². The number of nitriles is 2. The second kappa shape index (κ2) is 5.86. The monoisotopic (exact) mass is 316 g/mol. The fraction of sp³-hybridized carbons (Fsp3) is 0.111. The van der Waals surface area contributed by atoms with Crippen LogP contribution in [0.5, 0.6) is 0 Å². The average molecular weight is 316 g/mol. The maximum Gasteiger partial charge on any atom is 0.336 e. The molecule has 24 heavy (non-hydrogen) atoms. The highest BCUT2D eigenvalue weighted by Crippen LogP contribution is 2.30. The van der Waals surface area contributed by atoms with Crippen molar-refractivity contribution in [3.63, 3.8) is 0 Å². The van der Waals surface area contributed by atoms with Gasteiger partial charge in [-0.1, -0.05) is 0 Å². The maximum atomic E-state index is 12.7. The lowest BCUT2D eigenvalue weighted by molar-refractivity contribution is -0.117. The summed E-state index contributed by atoms with van der Waals surface area (Å²) in [7, 11) is 0. The quantitative estimate of drug-likeness (QED) is 0.797. The summed E-state index contributed by atoms with van der Waals surface area (Å²) in [4.78, 5) is 27.8. The van der Waals surface area contributed by atoms with Crippen molar-refractivity contribution in [1.29, 1.82) is 10.5 Å². The maximum absolute atomic E-state index is 12.7. The van der Waals surface area contributed by atoms with E-state index in [9.17, 15) is 9.59 Å². The number of nitrogens with zero attached hydrogens (tertiary/aromatic N) is 4. The first-order valence-electron chi connectivity index (χ1n) is 7.24. The summed E-state index contributed by atoms with van der Waals surface area (Å²) < 4.78 is 0. The van der Waals surface area contributed by atoms with Crippen molar-refractivity contribution in [3.8, 4) is 12.1 Å². The molecule has 0 saturated carbocycles. The van der Waals surface area contributed by atoms with Crippen molar-refractivity contribution in [3.05, 3.63) is 59.7 Å². The minimum atomic E-state index is -0.652. The molecule has 0 aromatic heterocycles. The van der Waals surface area contributed by atoms with Crippen LogP contribution in [0.4, 0.5) is 16.2 Å². The van der Waals surface area contributed by atoms with Crippen LogP contribution in [0.3, 0.4) is 0 Å². The van der Waals surface area contributed by atoms with E-state index in [4.69, 9.17) is 10.5 Å². The van der Waals surface area contributed by atoms with Gasteiger partial charge in [0, 0.05) is 5.69 Å². The van der Waals surface area contributed by atoms with E-state index in [0.29, 0.717) is 22.5 Å². The molecule has 3 rings (SSSR count). The van der Waals surface area contributed by atoms with E-state index in [2.05, 4.69) is 0 Å². The van der Waals surface area contributed by atoms with E-state index in [0.717, 1.165) is 4.90 Å². The van der Waals surface area contributed by atoms with Crippen molar-refractivity contribution < 1.29 is 9.59 Å². The molecule has 0 N–H and O–H groups in total. The second-order valence-corrected chi connectivity index (χ2v) is 5.32. The molecule has 1 fully saturated rings. The van der Waals surface area contributed by atoms with Gasteiger partial charge in [-0.15, -0.1) is 0 Å². The van der Waals surface area contributed by atoms with Crippen LogP contribution in [0, 0.1) is 22.7 Å². The number of urea groups is 1. The zero-order chi connectivity index (χ0) is 17.3. The lowest BCUT2D eigenvalue weighted by atomic mass is 10.2. The summed E-state index contributed by atoms with van der Waals surface area (Å²) in [5.74, 6) is -0.339. The van der Waals surface area contributed by atoms with Crippen LogP contribution < -0.4 is 9.80 Å². The summed E-state index contributed by atoms with van der Waals surface area (Å²) in [5, 5.41) is 17.7. The molecule has 0 bridgehead atoms. The van der Waals surface area contributed by atoms with Crippen molar-refractivity contribution in [2.24, 2.45) is 0 Å². The van der Waals surface area contributed by atoms with E-state index in [1.54, 1.807) is 55.5 Å². The molecule has 6 nitrogen and oxygen atoms in total. The molecule has 6 heteroatoms. The number of benzene rings is 2. The van der Waals surface area contributed by atoms with Gasteiger partial charge in [0.1, 0.15) is 6.04 Å². The molecule has 116 valence electrons. The number of amides is 3. The Bertz CT molecular complexity index is 889. The molecule has 1 unspecified atom stereocenters. The zero-order valence-electron chi connectivity index (χ0n) is 12.8. The predicted molar refractivity (Wildman–Crippen MR) is 87.1 cm³/mol. The van der Waals surface area contributed by atoms with Gasteiger partial charge in [-0.3, -0.25) is 9.69 Å². The highest BCUT2D eigenvalue weighted by Gasteiger charge is 2.44. The molecule has 2 aromatic rings. The van der Waals surface area contributed by atoms with Crippen LogP contribution in [0.25, 0.3) is 0 Å². The fourth-order valence-electron chi connectivity index (χ4n) is 2.62. The molecular formula is C18H12N4O2.